The van der Waals surface area contributed by atoms with E-state index in [-0.39, 0.29) is 12.1 Å². The minimum absolute atomic E-state index is 0.125. The number of amidine groups is 1. The molecule has 0 spiro atoms. The van der Waals surface area contributed by atoms with Crippen LogP contribution in [0, 0.1) is 6.92 Å². The molecule has 132 valence electrons. The predicted octanol–water partition coefficient (Wildman–Crippen LogP) is 2.28. The second-order valence-electron chi connectivity index (χ2n) is 6.28. The molecule has 0 bridgehead atoms. The number of carbonyl (C=O) groups excluding carboxylic acids is 1. The van der Waals surface area contributed by atoms with Crippen LogP contribution in [0.3, 0.4) is 0 Å². The van der Waals surface area contributed by atoms with E-state index < -0.39 is 0 Å². The number of rotatable bonds is 3. The maximum absolute atomic E-state index is 12.9. The Labute approximate surface area is 156 Å². The van der Waals surface area contributed by atoms with Gasteiger partial charge in [0, 0.05) is 16.5 Å². The van der Waals surface area contributed by atoms with Crippen LogP contribution >= 0.6 is 11.8 Å². The number of benzene rings is 2. The number of para-hydroxylation sites is 1. The molecule has 0 saturated carbocycles. The van der Waals surface area contributed by atoms with E-state index in [0.29, 0.717) is 10.9 Å². The van der Waals surface area contributed by atoms with Crippen LogP contribution in [0.1, 0.15) is 30.6 Å². The highest BCUT2D eigenvalue weighted by molar-refractivity contribution is 8.13. The van der Waals surface area contributed by atoms with Crippen molar-refractivity contribution in [1.82, 2.24) is 10.3 Å². The molecule has 1 N–H and O–H groups in total. The topological polar surface area (TPSA) is 57.1 Å². The number of fused-ring (bicyclic) bond motifs is 2. The maximum atomic E-state index is 12.9. The van der Waals surface area contributed by atoms with E-state index in [4.69, 9.17) is 10.1 Å². The highest BCUT2D eigenvalue weighted by atomic mass is 32.2. The quantitative estimate of drug-likeness (QED) is 0.909. The Balaban J connectivity index is 1.92. The third kappa shape index (κ3) is 2.90. The van der Waals surface area contributed by atoms with Crippen LogP contribution in [-0.4, -0.2) is 21.8 Å². The van der Waals surface area contributed by atoms with Crippen LogP contribution in [0.2, 0.25) is 0 Å². The minimum Gasteiger partial charge on any atom is -0.298 e. The van der Waals surface area contributed by atoms with Crippen molar-refractivity contribution in [3.8, 4) is 0 Å². The predicted molar refractivity (Wildman–Crippen MR) is 105 cm³/mol. The molecule has 2 aromatic rings. The Morgan fingerprint density at radius 2 is 1.92 bits per heavy atom. The minimum atomic E-state index is -0.343. The monoisotopic (exact) mass is 364 g/mol. The average Bonchev–Trinajstić information content (AvgIpc) is 2.66. The lowest BCUT2D eigenvalue weighted by Gasteiger charge is -2.34. The molecule has 6 heteroatoms. The van der Waals surface area contributed by atoms with Crippen LogP contribution < -0.4 is 15.9 Å². The lowest BCUT2D eigenvalue weighted by atomic mass is 10.0. The number of nitrogens with one attached hydrogen (secondary N) is 1. The molecular formula is C20H20N4OS. The molecule has 0 aliphatic carbocycles. The number of thioether (sulfide) groups is 1. The number of nitrogens with zero attached hydrogens (tertiary/aromatic N) is 3. The van der Waals surface area contributed by atoms with Gasteiger partial charge in [-0.2, -0.15) is 0 Å². The second kappa shape index (κ2) is 6.96. The fourth-order valence-electron chi connectivity index (χ4n) is 3.17. The van der Waals surface area contributed by atoms with Gasteiger partial charge in [-0.25, -0.2) is 5.01 Å². The summed E-state index contributed by atoms with van der Waals surface area (Å²) >= 11 is 1.56. The Kier molecular flexibility index (Phi) is 4.51. The van der Waals surface area contributed by atoms with Gasteiger partial charge in [-0.3, -0.25) is 15.1 Å². The van der Waals surface area contributed by atoms with Gasteiger partial charge in [0.15, 0.2) is 11.3 Å². The molecule has 4 rings (SSSR count). The summed E-state index contributed by atoms with van der Waals surface area (Å²) in [4.78, 5) is 17.8. The molecule has 0 aromatic heterocycles. The number of amides is 1. The number of carbonyl (C=O) groups is 1. The zero-order valence-corrected chi connectivity index (χ0v) is 15.6. The molecule has 1 amide bonds. The Hall–Kier alpha value is -2.60. The Morgan fingerprint density at radius 3 is 2.73 bits per heavy atom. The molecule has 2 heterocycles. The first-order valence-corrected chi connectivity index (χ1v) is 9.72. The number of hydrogen-bond donors (Lipinski definition) is 1. The second-order valence-corrected chi connectivity index (χ2v) is 7.36. The Morgan fingerprint density at radius 1 is 1.15 bits per heavy atom. The molecule has 2 aliphatic rings. The fraction of sp³-hybridized carbons (Fsp3) is 0.250. The van der Waals surface area contributed by atoms with Crippen LogP contribution in [0.15, 0.2) is 58.6 Å². The van der Waals surface area contributed by atoms with E-state index in [1.54, 1.807) is 16.8 Å². The van der Waals surface area contributed by atoms with Crippen molar-refractivity contribution in [3.63, 3.8) is 0 Å². The summed E-state index contributed by atoms with van der Waals surface area (Å²) < 4.78 is 0. The highest BCUT2D eigenvalue weighted by Crippen LogP contribution is 2.32. The Bertz CT molecular complexity index is 1010. The van der Waals surface area contributed by atoms with Crippen molar-refractivity contribution in [2.75, 3.05) is 5.75 Å². The first-order chi connectivity index (χ1) is 12.7. The summed E-state index contributed by atoms with van der Waals surface area (Å²) in [6, 6.07) is 15.9. The van der Waals surface area contributed by atoms with E-state index >= 15 is 0 Å². The van der Waals surface area contributed by atoms with E-state index in [0.717, 1.165) is 33.9 Å². The van der Waals surface area contributed by atoms with Crippen molar-refractivity contribution < 1.29 is 4.79 Å². The number of aryl methyl sites for hydroxylation is 1. The molecule has 2 aliphatic heterocycles. The zero-order chi connectivity index (χ0) is 18.1. The SMILES string of the molecule is CCCSC1=NN2C(=c3ccccc3=N[C@@H]2c2ccccc2C)C(=O)N1. The summed E-state index contributed by atoms with van der Waals surface area (Å²) in [5.41, 5.74) is 2.74. The van der Waals surface area contributed by atoms with Crippen LogP contribution in [-0.2, 0) is 4.79 Å². The molecule has 0 saturated heterocycles. The van der Waals surface area contributed by atoms with Gasteiger partial charge in [0.1, 0.15) is 5.70 Å². The molecule has 0 unspecified atom stereocenters. The molecule has 26 heavy (non-hydrogen) atoms. The summed E-state index contributed by atoms with van der Waals surface area (Å²) in [5.74, 6) is 0.782. The van der Waals surface area contributed by atoms with Gasteiger partial charge in [0.2, 0.25) is 0 Å². The van der Waals surface area contributed by atoms with Gasteiger partial charge in [-0.1, -0.05) is 61.2 Å². The first kappa shape index (κ1) is 16.8. The molecule has 0 fully saturated rings. The molecular weight excluding hydrogens is 344 g/mol. The smallest absolute Gasteiger partial charge is 0.276 e. The van der Waals surface area contributed by atoms with Crippen LogP contribution in [0.25, 0.3) is 5.70 Å². The van der Waals surface area contributed by atoms with Gasteiger partial charge in [-0.15, -0.1) is 5.10 Å². The normalized spacial score (nSPS) is 18.5. The summed E-state index contributed by atoms with van der Waals surface area (Å²) in [6.45, 7) is 4.17. The standard InChI is InChI=1S/C20H20N4OS/c1-3-12-26-20-22-19(25)17-15-10-6-7-11-16(15)21-18(24(17)23-20)14-9-5-4-8-13(14)2/h4-11,18H,3,12H2,1-2H3,(H,22,23,25)/t18-/m0/s1. The molecule has 1 atom stereocenters. The summed E-state index contributed by atoms with van der Waals surface area (Å²) in [7, 11) is 0. The maximum Gasteiger partial charge on any atom is 0.276 e. The van der Waals surface area contributed by atoms with Gasteiger partial charge in [-0.05, 0) is 25.0 Å². The van der Waals surface area contributed by atoms with Crippen molar-refractivity contribution in [2.45, 2.75) is 26.4 Å². The number of hydrazone groups is 1. The van der Waals surface area contributed by atoms with Crippen molar-refractivity contribution >= 4 is 28.5 Å². The van der Waals surface area contributed by atoms with Gasteiger partial charge in [0.05, 0.1) is 5.36 Å². The van der Waals surface area contributed by atoms with Crippen molar-refractivity contribution in [3.05, 3.63) is 70.2 Å². The highest BCUT2D eigenvalue weighted by Gasteiger charge is 2.34. The fourth-order valence-corrected chi connectivity index (χ4v) is 3.88. The van der Waals surface area contributed by atoms with Gasteiger partial charge in [0.25, 0.3) is 5.91 Å². The van der Waals surface area contributed by atoms with Crippen molar-refractivity contribution in [1.29, 1.82) is 0 Å². The summed E-state index contributed by atoms with van der Waals surface area (Å²) in [5, 5.41) is 11.7. The lowest BCUT2D eigenvalue weighted by Crippen LogP contribution is -2.50. The molecule has 5 nitrogen and oxygen atoms in total. The third-order valence-corrected chi connectivity index (χ3v) is 5.49. The first-order valence-electron chi connectivity index (χ1n) is 8.73. The van der Waals surface area contributed by atoms with E-state index in [9.17, 15) is 4.79 Å². The van der Waals surface area contributed by atoms with Gasteiger partial charge < -0.3 is 0 Å². The van der Waals surface area contributed by atoms with Gasteiger partial charge >= 0.3 is 0 Å². The van der Waals surface area contributed by atoms with Crippen LogP contribution in [0.5, 0.6) is 0 Å². The van der Waals surface area contributed by atoms with E-state index in [1.165, 1.54) is 0 Å². The lowest BCUT2D eigenvalue weighted by molar-refractivity contribution is -0.116. The largest absolute Gasteiger partial charge is 0.298 e. The van der Waals surface area contributed by atoms with Crippen LogP contribution in [0.4, 0.5) is 0 Å². The molecule has 0 radical (unpaired) electrons. The third-order valence-electron chi connectivity index (χ3n) is 4.42. The molecule has 2 aromatic carbocycles. The van der Waals surface area contributed by atoms with E-state index in [2.05, 4.69) is 31.3 Å². The number of hydrogen-bond acceptors (Lipinski definition) is 5. The van der Waals surface area contributed by atoms with E-state index in [1.807, 2.05) is 36.4 Å². The average molecular weight is 364 g/mol. The zero-order valence-electron chi connectivity index (χ0n) is 14.8. The summed E-state index contributed by atoms with van der Waals surface area (Å²) in [6.07, 6.45) is 0.675. The van der Waals surface area contributed by atoms with Crippen molar-refractivity contribution in [2.24, 2.45) is 10.1 Å².